The van der Waals surface area contributed by atoms with Crippen LogP contribution in [0.1, 0.15) is 39.0 Å². The molecule has 15 heavy (non-hydrogen) atoms. The number of aliphatic hydroxyl groups is 1. The van der Waals surface area contributed by atoms with E-state index >= 15 is 0 Å². The van der Waals surface area contributed by atoms with Gasteiger partial charge in [0.25, 0.3) is 0 Å². The van der Waals surface area contributed by atoms with Crippen LogP contribution in [0.2, 0.25) is 0 Å². The third-order valence-electron chi connectivity index (χ3n) is 3.08. The Balaban J connectivity index is 2.50. The van der Waals surface area contributed by atoms with Crippen LogP contribution in [0.5, 0.6) is 0 Å². The molecule has 3 atom stereocenters. The van der Waals surface area contributed by atoms with Gasteiger partial charge in [0.2, 0.25) is 5.91 Å². The van der Waals surface area contributed by atoms with E-state index in [9.17, 15) is 9.90 Å². The molecular formula is C11H22N2O2. The third kappa shape index (κ3) is 3.47. The molecule has 0 saturated heterocycles. The van der Waals surface area contributed by atoms with Crippen molar-refractivity contribution in [2.24, 2.45) is 5.73 Å². The van der Waals surface area contributed by atoms with E-state index in [2.05, 4.69) is 0 Å². The smallest absolute Gasteiger partial charge is 0.224 e. The maximum atomic E-state index is 11.7. The molecule has 3 unspecified atom stereocenters. The standard InChI is InChI=1S/C11H22N2O2/c1-8(12)7-11(15)13(2)9-5-3-4-6-10(9)14/h8-10,14H,3-7,12H2,1-2H3. The summed E-state index contributed by atoms with van der Waals surface area (Å²) in [5.41, 5.74) is 5.59. The molecule has 3 N–H and O–H groups in total. The first-order chi connectivity index (χ1) is 7.02. The minimum Gasteiger partial charge on any atom is -0.391 e. The number of aliphatic hydroxyl groups excluding tert-OH is 1. The molecule has 0 aliphatic heterocycles. The number of carbonyl (C=O) groups excluding carboxylic acids is 1. The fourth-order valence-corrected chi connectivity index (χ4v) is 2.15. The lowest BCUT2D eigenvalue weighted by atomic mass is 9.91. The molecule has 4 nitrogen and oxygen atoms in total. The van der Waals surface area contributed by atoms with Crippen molar-refractivity contribution in [3.05, 3.63) is 0 Å². The van der Waals surface area contributed by atoms with Crippen molar-refractivity contribution in [1.29, 1.82) is 0 Å². The average Bonchev–Trinajstić information content (AvgIpc) is 2.16. The van der Waals surface area contributed by atoms with Gasteiger partial charge in [-0.05, 0) is 19.8 Å². The predicted molar refractivity (Wildman–Crippen MR) is 59.3 cm³/mol. The van der Waals surface area contributed by atoms with Gasteiger partial charge in [0.15, 0.2) is 0 Å². The highest BCUT2D eigenvalue weighted by Crippen LogP contribution is 2.22. The number of nitrogens with two attached hydrogens (primary N) is 1. The van der Waals surface area contributed by atoms with Crippen LogP contribution in [-0.4, -0.2) is 41.1 Å². The van der Waals surface area contributed by atoms with E-state index in [1.54, 1.807) is 11.9 Å². The first-order valence-electron chi connectivity index (χ1n) is 5.71. The number of hydrogen-bond acceptors (Lipinski definition) is 3. The zero-order valence-electron chi connectivity index (χ0n) is 9.65. The molecule has 1 amide bonds. The summed E-state index contributed by atoms with van der Waals surface area (Å²) in [4.78, 5) is 13.4. The van der Waals surface area contributed by atoms with Crippen LogP contribution in [0.25, 0.3) is 0 Å². The van der Waals surface area contributed by atoms with Crippen LogP contribution in [0.4, 0.5) is 0 Å². The van der Waals surface area contributed by atoms with Gasteiger partial charge in [0, 0.05) is 19.5 Å². The highest BCUT2D eigenvalue weighted by molar-refractivity contribution is 5.76. The fourth-order valence-electron chi connectivity index (χ4n) is 2.15. The molecular weight excluding hydrogens is 192 g/mol. The quantitative estimate of drug-likeness (QED) is 0.718. The van der Waals surface area contributed by atoms with Crippen LogP contribution >= 0.6 is 0 Å². The molecule has 0 heterocycles. The normalized spacial score (nSPS) is 28.5. The van der Waals surface area contributed by atoms with E-state index in [0.29, 0.717) is 6.42 Å². The Labute approximate surface area is 91.4 Å². The SMILES string of the molecule is CC(N)CC(=O)N(C)C1CCCCC1O. The van der Waals surface area contributed by atoms with E-state index in [-0.39, 0.29) is 24.1 Å². The lowest BCUT2D eigenvalue weighted by Crippen LogP contribution is -2.47. The van der Waals surface area contributed by atoms with Crippen molar-refractivity contribution in [3.63, 3.8) is 0 Å². The van der Waals surface area contributed by atoms with E-state index in [1.807, 2.05) is 6.92 Å². The third-order valence-corrected chi connectivity index (χ3v) is 3.08. The minimum atomic E-state index is -0.360. The lowest BCUT2D eigenvalue weighted by Gasteiger charge is -2.35. The van der Waals surface area contributed by atoms with Crippen molar-refractivity contribution < 1.29 is 9.90 Å². The maximum absolute atomic E-state index is 11.7. The average molecular weight is 214 g/mol. The molecule has 0 bridgehead atoms. The molecule has 1 aliphatic carbocycles. The largest absolute Gasteiger partial charge is 0.391 e. The summed E-state index contributed by atoms with van der Waals surface area (Å²) in [7, 11) is 1.77. The second-order valence-corrected chi connectivity index (χ2v) is 4.61. The number of rotatable bonds is 3. The first-order valence-corrected chi connectivity index (χ1v) is 5.71. The summed E-state index contributed by atoms with van der Waals surface area (Å²) < 4.78 is 0. The van der Waals surface area contributed by atoms with E-state index in [4.69, 9.17) is 5.73 Å². The minimum absolute atomic E-state index is 0.00926. The summed E-state index contributed by atoms with van der Waals surface area (Å²) in [5, 5.41) is 9.80. The van der Waals surface area contributed by atoms with Gasteiger partial charge in [0.05, 0.1) is 12.1 Å². The highest BCUT2D eigenvalue weighted by atomic mass is 16.3. The molecule has 0 aromatic carbocycles. The maximum Gasteiger partial charge on any atom is 0.224 e. The van der Waals surface area contributed by atoms with E-state index in [0.717, 1.165) is 25.7 Å². The summed E-state index contributed by atoms with van der Waals surface area (Å²) >= 11 is 0. The Kier molecular flexibility index (Phi) is 4.54. The Hall–Kier alpha value is -0.610. The number of hydrogen-bond donors (Lipinski definition) is 2. The molecule has 1 aliphatic rings. The van der Waals surface area contributed by atoms with Crippen LogP contribution in [-0.2, 0) is 4.79 Å². The van der Waals surface area contributed by atoms with Crippen molar-refractivity contribution >= 4 is 5.91 Å². The molecule has 0 aromatic rings. The zero-order valence-corrected chi connectivity index (χ0v) is 9.65. The van der Waals surface area contributed by atoms with E-state index < -0.39 is 0 Å². The highest BCUT2D eigenvalue weighted by Gasteiger charge is 2.29. The molecule has 88 valence electrons. The second-order valence-electron chi connectivity index (χ2n) is 4.61. The summed E-state index contributed by atoms with van der Waals surface area (Å²) in [6.45, 7) is 1.82. The molecule has 1 saturated carbocycles. The molecule has 1 fully saturated rings. The van der Waals surface area contributed by atoms with Crippen LogP contribution < -0.4 is 5.73 Å². The Morgan fingerprint density at radius 3 is 2.67 bits per heavy atom. The van der Waals surface area contributed by atoms with Crippen LogP contribution in [0.3, 0.4) is 0 Å². The predicted octanol–water partition coefficient (Wildman–Crippen LogP) is 0.486. The van der Waals surface area contributed by atoms with Crippen molar-refractivity contribution in [2.45, 2.75) is 57.2 Å². The van der Waals surface area contributed by atoms with E-state index in [1.165, 1.54) is 0 Å². The van der Waals surface area contributed by atoms with Crippen LogP contribution in [0, 0.1) is 0 Å². The Bertz CT molecular complexity index is 219. The Morgan fingerprint density at radius 1 is 1.53 bits per heavy atom. The first kappa shape index (κ1) is 12.5. The zero-order chi connectivity index (χ0) is 11.4. The molecule has 0 spiro atoms. The van der Waals surface area contributed by atoms with Gasteiger partial charge in [-0.1, -0.05) is 12.8 Å². The summed E-state index contributed by atoms with van der Waals surface area (Å²) in [6.07, 6.45) is 3.87. The Morgan fingerprint density at radius 2 is 2.13 bits per heavy atom. The number of likely N-dealkylation sites (N-methyl/N-ethyl adjacent to an activating group) is 1. The van der Waals surface area contributed by atoms with Crippen molar-refractivity contribution in [3.8, 4) is 0 Å². The molecule has 0 aromatic heterocycles. The van der Waals surface area contributed by atoms with Gasteiger partial charge in [-0.2, -0.15) is 0 Å². The molecule has 1 rings (SSSR count). The molecule has 4 heteroatoms. The van der Waals surface area contributed by atoms with Gasteiger partial charge in [-0.3, -0.25) is 4.79 Å². The van der Waals surface area contributed by atoms with Gasteiger partial charge in [0.1, 0.15) is 0 Å². The van der Waals surface area contributed by atoms with Gasteiger partial charge in [-0.25, -0.2) is 0 Å². The van der Waals surface area contributed by atoms with Gasteiger partial charge < -0.3 is 15.7 Å². The number of amides is 1. The fraction of sp³-hybridized carbons (Fsp3) is 0.909. The second kappa shape index (κ2) is 5.47. The van der Waals surface area contributed by atoms with Gasteiger partial charge in [-0.15, -0.1) is 0 Å². The van der Waals surface area contributed by atoms with Crippen molar-refractivity contribution in [2.75, 3.05) is 7.05 Å². The van der Waals surface area contributed by atoms with Crippen molar-refractivity contribution in [1.82, 2.24) is 4.90 Å². The monoisotopic (exact) mass is 214 g/mol. The number of nitrogens with zero attached hydrogens (tertiary/aromatic N) is 1. The molecule has 0 radical (unpaired) electrons. The summed E-state index contributed by atoms with van der Waals surface area (Å²) in [5.74, 6) is 0.0379. The number of carbonyl (C=O) groups is 1. The topological polar surface area (TPSA) is 66.6 Å². The van der Waals surface area contributed by atoms with Gasteiger partial charge >= 0.3 is 0 Å². The van der Waals surface area contributed by atoms with Crippen LogP contribution in [0.15, 0.2) is 0 Å². The summed E-state index contributed by atoms with van der Waals surface area (Å²) in [6, 6.07) is -0.120. The lowest BCUT2D eigenvalue weighted by molar-refractivity contribution is -0.135.